The minimum atomic E-state index is -3.62. The average Bonchev–Trinajstić information content (AvgIpc) is 3.13. The zero-order valence-corrected chi connectivity index (χ0v) is 17.3. The molecule has 0 saturated carbocycles. The summed E-state index contributed by atoms with van der Waals surface area (Å²) in [5.41, 5.74) is 0.836. The first kappa shape index (κ1) is 21.5. The summed E-state index contributed by atoms with van der Waals surface area (Å²) < 4.78 is 44.8. The van der Waals surface area contributed by atoms with Crippen molar-refractivity contribution in [2.24, 2.45) is 4.99 Å². The first-order valence-corrected chi connectivity index (χ1v) is 10.3. The average molecular weight is 494 g/mol. The normalized spacial score (nSPS) is 17.1. The van der Waals surface area contributed by atoms with Crippen LogP contribution in [0.25, 0.3) is 0 Å². The van der Waals surface area contributed by atoms with Crippen LogP contribution in [0.15, 0.2) is 32.3 Å². The van der Waals surface area contributed by atoms with E-state index in [2.05, 4.69) is 45.9 Å². The van der Waals surface area contributed by atoms with Gasteiger partial charge in [0.1, 0.15) is 11.4 Å². The maximum Gasteiger partial charge on any atom is 0.279 e. The van der Waals surface area contributed by atoms with Crippen LogP contribution >= 0.6 is 15.9 Å². The van der Waals surface area contributed by atoms with E-state index in [9.17, 15) is 23.1 Å². The number of β-amino-alcohol motifs (C(OH)–C–C–N with tert-alkyl or cyclic N) is 1. The predicted octanol–water partition coefficient (Wildman–Crippen LogP) is -0.0489. The molecule has 1 saturated heterocycles. The van der Waals surface area contributed by atoms with Gasteiger partial charge in [-0.2, -0.15) is 12.7 Å². The third kappa shape index (κ3) is 4.71. The molecule has 0 unspecified atom stereocenters. The van der Waals surface area contributed by atoms with E-state index >= 15 is 0 Å². The Balaban J connectivity index is 1.72. The van der Waals surface area contributed by atoms with Gasteiger partial charge in [-0.15, -0.1) is 0 Å². The standard InChI is InChI=1S/C14H17BrFN7O5S/c1-17-29(26,27)23-6-14(24,7-23)5-18-12-11(21-28-22-12)13(20-25)19-8-2-3-10(16)9(15)4-8/h2-4,17,24-25H,5-7H2,1H3,(H,18,22)(H,19,20). The Hall–Kier alpha value is -2.17. The molecule has 1 aromatic heterocycles. The molecule has 1 fully saturated rings. The minimum absolute atomic E-state index is 0.00410. The lowest BCUT2D eigenvalue weighted by atomic mass is 9.97. The van der Waals surface area contributed by atoms with Crippen LogP contribution in [-0.4, -0.2) is 71.5 Å². The zero-order valence-electron chi connectivity index (χ0n) is 14.9. The SMILES string of the molecule is CNS(=O)(=O)N1CC(O)(CNc2nonc2C(=Nc2ccc(F)c(Br)c2)NO)C1. The maximum absolute atomic E-state index is 13.4. The highest BCUT2D eigenvalue weighted by atomic mass is 79.9. The highest BCUT2D eigenvalue weighted by Crippen LogP contribution is 2.25. The summed E-state index contributed by atoms with van der Waals surface area (Å²) in [5, 5.41) is 29.9. The molecule has 0 radical (unpaired) electrons. The Morgan fingerprint density at radius 2 is 2.17 bits per heavy atom. The fourth-order valence-electron chi connectivity index (χ4n) is 2.54. The molecule has 29 heavy (non-hydrogen) atoms. The number of aromatic nitrogens is 2. The van der Waals surface area contributed by atoms with Gasteiger partial charge in [0.15, 0.2) is 11.5 Å². The van der Waals surface area contributed by atoms with Crippen molar-refractivity contribution in [1.82, 2.24) is 24.8 Å². The number of aliphatic imine (C=N–C) groups is 1. The number of nitrogens with zero attached hydrogens (tertiary/aromatic N) is 4. The molecule has 2 heterocycles. The van der Waals surface area contributed by atoms with Gasteiger partial charge < -0.3 is 10.4 Å². The van der Waals surface area contributed by atoms with Crippen molar-refractivity contribution in [3.63, 3.8) is 0 Å². The van der Waals surface area contributed by atoms with Crippen LogP contribution in [0.4, 0.5) is 15.9 Å². The van der Waals surface area contributed by atoms with Crippen LogP contribution < -0.4 is 15.5 Å². The molecule has 0 aliphatic carbocycles. The molecule has 15 heteroatoms. The monoisotopic (exact) mass is 493 g/mol. The fourth-order valence-corrected chi connectivity index (χ4v) is 3.99. The highest BCUT2D eigenvalue weighted by molar-refractivity contribution is 9.10. The van der Waals surface area contributed by atoms with E-state index < -0.39 is 21.6 Å². The molecular formula is C14H17BrFN7O5S. The Morgan fingerprint density at radius 1 is 1.45 bits per heavy atom. The van der Waals surface area contributed by atoms with Crippen molar-refractivity contribution in [2.75, 3.05) is 32.0 Å². The first-order chi connectivity index (χ1) is 13.7. The molecule has 1 aliphatic rings. The van der Waals surface area contributed by atoms with E-state index in [4.69, 9.17) is 0 Å². The summed E-state index contributed by atoms with van der Waals surface area (Å²) in [5.74, 6) is -0.571. The van der Waals surface area contributed by atoms with Gasteiger partial charge in [0, 0.05) is 26.7 Å². The molecule has 0 atom stereocenters. The van der Waals surface area contributed by atoms with Crippen LogP contribution in [0.1, 0.15) is 5.69 Å². The summed E-state index contributed by atoms with van der Waals surface area (Å²) in [6.45, 7) is -0.302. The third-order valence-corrected chi connectivity index (χ3v) is 6.15. The maximum atomic E-state index is 13.4. The Morgan fingerprint density at radius 3 is 2.79 bits per heavy atom. The fraction of sp³-hybridized carbons (Fsp3) is 0.357. The summed E-state index contributed by atoms with van der Waals surface area (Å²) in [7, 11) is -2.34. The number of hydroxylamine groups is 1. The van der Waals surface area contributed by atoms with Crippen LogP contribution in [-0.2, 0) is 10.2 Å². The van der Waals surface area contributed by atoms with E-state index in [0.717, 1.165) is 4.31 Å². The van der Waals surface area contributed by atoms with Crippen molar-refractivity contribution in [2.45, 2.75) is 5.60 Å². The number of rotatable bonds is 7. The van der Waals surface area contributed by atoms with Crippen LogP contribution in [0.3, 0.4) is 0 Å². The molecule has 3 rings (SSSR count). The third-order valence-electron chi connectivity index (χ3n) is 4.09. The van der Waals surface area contributed by atoms with Crippen molar-refractivity contribution >= 4 is 43.5 Å². The molecule has 12 nitrogen and oxygen atoms in total. The van der Waals surface area contributed by atoms with Crippen molar-refractivity contribution in [3.8, 4) is 0 Å². The lowest BCUT2D eigenvalue weighted by Crippen LogP contribution is -2.67. The predicted molar refractivity (Wildman–Crippen MR) is 103 cm³/mol. The zero-order chi connectivity index (χ0) is 21.2. The second-order valence-corrected chi connectivity index (χ2v) is 8.92. The number of halogens is 2. The Labute approximate surface area is 173 Å². The van der Waals surface area contributed by atoms with Crippen LogP contribution in [0, 0.1) is 5.82 Å². The number of aliphatic hydroxyl groups is 1. The number of nitrogens with one attached hydrogen (secondary N) is 3. The van der Waals surface area contributed by atoms with E-state index in [1.807, 2.05) is 5.48 Å². The van der Waals surface area contributed by atoms with E-state index in [1.54, 1.807) is 0 Å². The van der Waals surface area contributed by atoms with Gasteiger partial charge in [-0.05, 0) is 44.4 Å². The molecule has 5 N–H and O–H groups in total. The van der Waals surface area contributed by atoms with Gasteiger partial charge >= 0.3 is 0 Å². The van der Waals surface area contributed by atoms with E-state index in [-0.39, 0.29) is 41.5 Å². The number of anilines is 1. The summed E-state index contributed by atoms with van der Waals surface area (Å²) in [6.07, 6.45) is 0. The summed E-state index contributed by atoms with van der Waals surface area (Å²) in [4.78, 5) is 4.11. The first-order valence-electron chi connectivity index (χ1n) is 8.09. The van der Waals surface area contributed by atoms with Gasteiger partial charge in [0.2, 0.25) is 5.82 Å². The van der Waals surface area contributed by atoms with Crippen molar-refractivity contribution in [1.29, 1.82) is 0 Å². The molecule has 0 spiro atoms. The number of benzene rings is 1. The van der Waals surface area contributed by atoms with Gasteiger partial charge in [-0.1, -0.05) is 0 Å². The molecule has 1 aliphatic heterocycles. The summed E-state index contributed by atoms with van der Waals surface area (Å²) >= 11 is 3.04. The number of hydrogen-bond donors (Lipinski definition) is 5. The van der Waals surface area contributed by atoms with Crippen molar-refractivity contribution < 1.29 is 27.8 Å². The Kier molecular flexibility index (Phi) is 6.16. The van der Waals surface area contributed by atoms with Gasteiger partial charge in [-0.3, -0.25) is 10.7 Å². The van der Waals surface area contributed by atoms with Gasteiger partial charge in [0.25, 0.3) is 10.2 Å². The van der Waals surface area contributed by atoms with Gasteiger partial charge in [-0.25, -0.2) is 18.7 Å². The second kappa shape index (κ2) is 8.29. The molecule has 2 aromatic rings. The van der Waals surface area contributed by atoms with Gasteiger partial charge in [0.05, 0.1) is 10.2 Å². The Bertz CT molecular complexity index is 1030. The second-order valence-electron chi connectivity index (χ2n) is 6.19. The van der Waals surface area contributed by atoms with E-state index in [0.29, 0.717) is 5.69 Å². The summed E-state index contributed by atoms with van der Waals surface area (Å²) in [6, 6.07) is 3.96. The van der Waals surface area contributed by atoms with Crippen LogP contribution in [0.5, 0.6) is 0 Å². The molecule has 0 bridgehead atoms. The molecular weight excluding hydrogens is 477 g/mol. The van der Waals surface area contributed by atoms with E-state index in [1.165, 1.54) is 25.2 Å². The quantitative estimate of drug-likeness (QED) is 0.202. The highest BCUT2D eigenvalue weighted by Gasteiger charge is 2.46. The smallest absolute Gasteiger partial charge is 0.279 e. The lowest BCUT2D eigenvalue weighted by molar-refractivity contribution is -0.0478. The number of amidine groups is 1. The van der Waals surface area contributed by atoms with Crippen LogP contribution in [0.2, 0.25) is 0 Å². The van der Waals surface area contributed by atoms with Crippen molar-refractivity contribution in [3.05, 3.63) is 34.2 Å². The minimum Gasteiger partial charge on any atom is -0.385 e. The number of hydrogen-bond acceptors (Lipinski definition) is 9. The molecule has 0 amide bonds. The topological polar surface area (TPSA) is 165 Å². The largest absolute Gasteiger partial charge is 0.385 e. The molecule has 158 valence electrons. The molecule has 1 aromatic carbocycles. The lowest BCUT2D eigenvalue weighted by Gasteiger charge is -2.44.